The van der Waals surface area contributed by atoms with Crippen LogP contribution in [0.15, 0.2) is 42.6 Å². The van der Waals surface area contributed by atoms with Crippen LogP contribution in [0, 0.1) is 6.92 Å². The summed E-state index contributed by atoms with van der Waals surface area (Å²) in [6, 6.07) is 10.8. The highest BCUT2D eigenvalue weighted by Crippen LogP contribution is 2.22. The largest absolute Gasteiger partial charge is 0.482 e. The number of benzene rings is 1. The van der Waals surface area contributed by atoms with E-state index in [1.54, 1.807) is 30.5 Å². The second-order valence-electron chi connectivity index (χ2n) is 5.11. The molecule has 23 heavy (non-hydrogen) atoms. The predicted molar refractivity (Wildman–Crippen MR) is 86.9 cm³/mol. The average molecular weight is 315 g/mol. The monoisotopic (exact) mass is 315 g/mol. The topological polar surface area (TPSA) is 57.7 Å². The first-order chi connectivity index (χ1) is 11.2. The summed E-state index contributed by atoms with van der Waals surface area (Å²) in [5.74, 6) is 1.41. The summed E-state index contributed by atoms with van der Waals surface area (Å²) in [6.45, 7) is 4.36. The van der Waals surface area contributed by atoms with Crippen molar-refractivity contribution >= 4 is 5.97 Å². The van der Waals surface area contributed by atoms with E-state index in [2.05, 4.69) is 4.98 Å². The summed E-state index contributed by atoms with van der Waals surface area (Å²) in [5.41, 5.74) is 1.08. The maximum absolute atomic E-state index is 11.4. The fraction of sp³-hybridized carbons (Fsp3) is 0.333. The van der Waals surface area contributed by atoms with E-state index in [1.165, 1.54) is 0 Å². The van der Waals surface area contributed by atoms with Gasteiger partial charge in [-0.3, -0.25) is 0 Å². The van der Waals surface area contributed by atoms with Crippen LogP contribution >= 0.6 is 0 Å². The fourth-order valence-corrected chi connectivity index (χ4v) is 1.75. The standard InChI is InChI=1S/C18H21NO4/c1-3-4-11-21-18(20)13-22-15-6-8-16(9-7-15)23-17-10-5-14(2)12-19-17/h5-10,12H,3-4,11,13H2,1-2H3. The van der Waals surface area contributed by atoms with Gasteiger partial charge in [0.25, 0.3) is 0 Å². The third-order valence-corrected chi connectivity index (χ3v) is 3.05. The van der Waals surface area contributed by atoms with Crippen LogP contribution in [0.5, 0.6) is 17.4 Å². The molecule has 0 saturated heterocycles. The van der Waals surface area contributed by atoms with Crippen LogP contribution in [-0.4, -0.2) is 24.2 Å². The van der Waals surface area contributed by atoms with Gasteiger partial charge in [-0.05, 0) is 43.2 Å². The van der Waals surface area contributed by atoms with E-state index in [0.717, 1.165) is 18.4 Å². The molecule has 5 heteroatoms. The highest BCUT2D eigenvalue weighted by molar-refractivity contribution is 5.71. The first-order valence-electron chi connectivity index (χ1n) is 7.66. The normalized spacial score (nSPS) is 10.2. The zero-order chi connectivity index (χ0) is 16.5. The molecule has 5 nitrogen and oxygen atoms in total. The van der Waals surface area contributed by atoms with E-state index >= 15 is 0 Å². The minimum absolute atomic E-state index is 0.0938. The van der Waals surface area contributed by atoms with Crippen LogP contribution in [0.2, 0.25) is 0 Å². The first kappa shape index (κ1) is 16.8. The van der Waals surface area contributed by atoms with Gasteiger partial charge in [0.05, 0.1) is 6.61 Å². The number of nitrogens with zero attached hydrogens (tertiary/aromatic N) is 1. The number of unbranched alkanes of at least 4 members (excludes halogenated alkanes) is 1. The maximum Gasteiger partial charge on any atom is 0.344 e. The molecule has 0 amide bonds. The number of aromatic nitrogens is 1. The Morgan fingerprint density at radius 2 is 1.83 bits per heavy atom. The number of hydrogen-bond donors (Lipinski definition) is 0. The van der Waals surface area contributed by atoms with E-state index in [1.807, 2.05) is 26.0 Å². The van der Waals surface area contributed by atoms with Crippen LogP contribution in [0.25, 0.3) is 0 Å². The number of carbonyl (C=O) groups excluding carboxylic acids is 1. The fourth-order valence-electron chi connectivity index (χ4n) is 1.75. The minimum atomic E-state index is -0.359. The third-order valence-electron chi connectivity index (χ3n) is 3.05. The van der Waals surface area contributed by atoms with E-state index < -0.39 is 0 Å². The van der Waals surface area contributed by atoms with Crippen molar-refractivity contribution in [3.05, 3.63) is 48.2 Å². The molecule has 0 fully saturated rings. The van der Waals surface area contributed by atoms with Crippen molar-refractivity contribution in [3.8, 4) is 17.4 Å². The van der Waals surface area contributed by atoms with E-state index in [-0.39, 0.29) is 12.6 Å². The molecule has 0 aliphatic rings. The lowest BCUT2D eigenvalue weighted by atomic mass is 10.3. The van der Waals surface area contributed by atoms with Crippen molar-refractivity contribution in [3.63, 3.8) is 0 Å². The molecular formula is C18H21NO4. The number of pyridine rings is 1. The third kappa shape index (κ3) is 5.98. The SMILES string of the molecule is CCCCOC(=O)COc1ccc(Oc2ccc(C)cn2)cc1. The van der Waals surface area contributed by atoms with Crippen LogP contribution in [0.1, 0.15) is 25.3 Å². The molecule has 1 heterocycles. The zero-order valence-electron chi connectivity index (χ0n) is 13.5. The van der Waals surface area contributed by atoms with E-state index in [4.69, 9.17) is 14.2 Å². The molecule has 122 valence electrons. The average Bonchev–Trinajstić information content (AvgIpc) is 2.57. The number of aryl methyl sites for hydroxylation is 1. The molecule has 0 atom stereocenters. The maximum atomic E-state index is 11.4. The van der Waals surface area contributed by atoms with Crippen molar-refractivity contribution in [2.45, 2.75) is 26.7 Å². The number of carbonyl (C=O) groups is 1. The molecular weight excluding hydrogens is 294 g/mol. The Bertz CT molecular complexity index is 608. The molecule has 1 aromatic heterocycles. The molecule has 0 spiro atoms. The van der Waals surface area contributed by atoms with Gasteiger partial charge in [0, 0.05) is 12.3 Å². The van der Waals surface area contributed by atoms with Crippen LogP contribution in [-0.2, 0) is 9.53 Å². The van der Waals surface area contributed by atoms with Gasteiger partial charge in [-0.1, -0.05) is 19.4 Å². The summed E-state index contributed by atoms with van der Waals surface area (Å²) in [6.07, 6.45) is 3.60. The quantitative estimate of drug-likeness (QED) is 0.546. The smallest absolute Gasteiger partial charge is 0.344 e. The minimum Gasteiger partial charge on any atom is -0.482 e. The van der Waals surface area contributed by atoms with Crippen molar-refractivity contribution in [2.75, 3.05) is 13.2 Å². The van der Waals surface area contributed by atoms with Gasteiger partial charge in [0.2, 0.25) is 5.88 Å². The summed E-state index contributed by atoms with van der Waals surface area (Å²) in [7, 11) is 0. The van der Waals surface area contributed by atoms with Gasteiger partial charge >= 0.3 is 5.97 Å². The molecule has 0 aliphatic heterocycles. The van der Waals surface area contributed by atoms with Gasteiger partial charge in [0.15, 0.2) is 6.61 Å². The van der Waals surface area contributed by atoms with Crippen molar-refractivity contribution < 1.29 is 19.0 Å². The zero-order valence-corrected chi connectivity index (χ0v) is 13.5. The molecule has 0 saturated carbocycles. The van der Waals surface area contributed by atoms with Gasteiger partial charge in [0.1, 0.15) is 11.5 Å². The molecule has 1 aromatic carbocycles. The lowest BCUT2D eigenvalue weighted by molar-refractivity contribution is -0.146. The van der Waals surface area contributed by atoms with E-state index in [9.17, 15) is 4.79 Å². The lowest BCUT2D eigenvalue weighted by Gasteiger charge is -2.08. The number of ether oxygens (including phenoxy) is 3. The molecule has 0 radical (unpaired) electrons. The van der Waals surface area contributed by atoms with Crippen molar-refractivity contribution in [1.82, 2.24) is 4.98 Å². The Morgan fingerprint density at radius 1 is 1.09 bits per heavy atom. The van der Waals surface area contributed by atoms with Crippen LogP contribution < -0.4 is 9.47 Å². The van der Waals surface area contributed by atoms with Crippen molar-refractivity contribution in [1.29, 1.82) is 0 Å². The van der Waals surface area contributed by atoms with Crippen LogP contribution in [0.3, 0.4) is 0 Å². The second kappa shape index (κ2) is 8.78. The summed E-state index contributed by atoms with van der Waals surface area (Å²) in [4.78, 5) is 15.6. The first-order valence-corrected chi connectivity index (χ1v) is 7.66. The van der Waals surface area contributed by atoms with Gasteiger partial charge in [-0.2, -0.15) is 0 Å². The summed E-state index contributed by atoms with van der Waals surface area (Å²) >= 11 is 0. The molecule has 2 aromatic rings. The number of hydrogen-bond acceptors (Lipinski definition) is 5. The lowest BCUT2D eigenvalue weighted by Crippen LogP contribution is -2.15. The van der Waals surface area contributed by atoms with Gasteiger partial charge < -0.3 is 14.2 Å². The Morgan fingerprint density at radius 3 is 2.48 bits per heavy atom. The van der Waals surface area contributed by atoms with Crippen LogP contribution in [0.4, 0.5) is 0 Å². The van der Waals surface area contributed by atoms with Gasteiger partial charge in [-0.15, -0.1) is 0 Å². The molecule has 0 unspecified atom stereocenters. The predicted octanol–water partition coefficient (Wildman–Crippen LogP) is 3.90. The molecule has 0 bridgehead atoms. The highest BCUT2D eigenvalue weighted by Gasteiger charge is 2.04. The number of rotatable bonds is 8. The van der Waals surface area contributed by atoms with Gasteiger partial charge in [-0.25, -0.2) is 9.78 Å². The number of esters is 1. The summed E-state index contributed by atoms with van der Waals surface area (Å²) in [5, 5.41) is 0. The summed E-state index contributed by atoms with van der Waals surface area (Å²) < 4.78 is 16.0. The molecule has 0 aliphatic carbocycles. The Balaban J connectivity index is 1.80. The highest BCUT2D eigenvalue weighted by atomic mass is 16.6. The van der Waals surface area contributed by atoms with Crippen molar-refractivity contribution in [2.24, 2.45) is 0 Å². The van der Waals surface area contributed by atoms with E-state index in [0.29, 0.717) is 24.0 Å². The Hall–Kier alpha value is -2.56. The molecule has 0 N–H and O–H groups in total. The Kier molecular flexibility index (Phi) is 6.41. The second-order valence-corrected chi connectivity index (χ2v) is 5.11. The Labute approximate surface area is 136 Å². The molecule has 2 rings (SSSR count).